The van der Waals surface area contributed by atoms with E-state index in [9.17, 15) is 4.79 Å². The molecule has 0 radical (unpaired) electrons. The van der Waals surface area contributed by atoms with Crippen LogP contribution in [0.25, 0.3) is 0 Å². The molecular weight excluding hydrogens is 292 g/mol. The Bertz CT molecular complexity index is 525. The van der Waals surface area contributed by atoms with Crippen molar-refractivity contribution < 1.29 is 4.79 Å². The SMILES string of the molecule is CN(Cc1ccc(Br)cc1)C(=O)c1ccccn1. The van der Waals surface area contributed by atoms with Gasteiger partial charge in [-0.15, -0.1) is 0 Å². The van der Waals surface area contributed by atoms with Crippen LogP contribution in [-0.4, -0.2) is 22.8 Å². The Labute approximate surface area is 115 Å². The van der Waals surface area contributed by atoms with Crippen LogP contribution in [0.5, 0.6) is 0 Å². The lowest BCUT2D eigenvalue weighted by Gasteiger charge is -2.16. The minimum absolute atomic E-state index is 0.0708. The van der Waals surface area contributed by atoms with Crippen molar-refractivity contribution in [1.82, 2.24) is 9.88 Å². The van der Waals surface area contributed by atoms with Crippen LogP contribution < -0.4 is 0 Å². The second kappa shape index (κ2) is 5.78. The van der Waals surface area contributed by atoms with E-state index >= 15 is 0 Å². The van der Waals surface area contributed by atoms with Crippen LogP contribution in [0.15, 0.2) is 53.1 Å². The summed E-state index contributed by atoms with van der Waals surface area (Å²) in [6.07, 6.45) is 1.63. The van der Waals surface area contributed by atoms with Crippen molar-refractivity contribution in [2.24, 2.45) is 0 Å². The lowest BCUT2D eigenvalue weighted by molar-refractivity contribution is 0.0779. The molecule has 0 fully saturated rings. The number of aromatic nitrogens is 1. The third-order valence-electron chi connectivity index (χ3n) is 2.56. The molecule has 0 saturated heterocycles. The van der Waals surface area contributed by atoms with E-state index in [1.807, 2.05) is 30.3 Å². The highest BCUT2D eigenvalue weighted by molar-refractivity contribution is 9.10. The van der Waals surface area contributed by atoms with Crippen LogP contribution in [0.1, 0.15) is 16.1 Å². The molecule has 1 amide bonds. The Morgan fingerprint density at radius 2 is 1.94 bits per heavy atom. The van der Waals surface area contributed by atoms with Crippen molar-refractivity contribution in [1.29, 1.82) is 0 Å². The smallest absolute Gasteiger partial charge is 0.272 e. The van der Waals surface area contributed by atoms with Gasteiger partial charge in [-0.1, -0.05) is 34.1 Å². The van der Waals surface area contributed by atoms with Crippen LogP contribution in [-0.2, 0) is 6.54 Å². The summed E-state index contributed by atoms with van der Waals surface area (Å²) in [6, 6.07) is 13.3. The van der Waals surface area contributed by atoms with Crippen molar-refractivity contribution in [3.8, 4) is 0 Å². The van der Waals surface area contributed by atoms with Gasteiger partial charge in [-0.05, 0) is 29.8 Å². The van der Waals surface area contributed by atoms with E-state index < -0.39 is 0 Å². The molecule has 0 aliphatic heterocycles. The van der Waals surface area contributed by atoms with Gasteiger partial charge in [0.05, 0.1) is 0 Å². The van der Waals surface area contributed by atoms with Crippen LogP contribution >= 0.6 is 15.9 Å². The average Bonchev–Trinajstić information content (AvgIpc) is 2.41. The predicted octanol–water partition coefficient (Wildman–Crippen LogP) is 3.12. The number of rotatable bonds is 3. The Morgan fingerprint density at radius 1 is 1.22 bits per heavy atom. The van der Waals surface area contributed by atoms with Gasteiger partial charge in [0.2, 0.25) is 0 Å². The van der Waals surface area contributed by atoms with E-state index in [2.05, 4.69) is 20.9 Å². The van der Waals surface area contributed by atoms with Crippen LogP contribution in [0.4, 0.5) is 0 Å². The first-order chi connectivity index (χ1) is 8.66. The summed E-state index contributed by atoms with van der Waals surface area (Å²) in [4.78, 5) is 17.8. The second-order valence-electron chi connectivity index (χ2n) is 4.00. The summed E-state index contributed by atoms with van der Waals surface area (Å²) in [7, 11) is 1.78. The number of nitrogens with zero attached hydrogens (tertiary/aromatic N) is 2. The van der Waals surface area contributed by atoms with Gasteiger partial charge in [0.15, 0.2) is 0 Å². The number of benzene rings is 1. The highest BCUT2D eigenvalue weighted by Crippen LogP contribution is 2.12. The van der Waals surface area contributed by atoms with Gasteiger partial charge in [-0.3, -0.25) is 9.78 Å². The Balaban J connectivity index is 2.06. The quantitative estimate of drug-likeness (QED) is 0.873. The lowest BCUT2D eigenvalue weighted by Crippen LogP contribution is -2.26. The van der Waals surface area contributed by atoms with Crippen molar-refractivity contribution in [2.45, 2.75) is 6.54 Å². The van der Waals surface area contributed by atoms with Crippen molar-refractivity contribution >= 4 is 21.8 Å². The summed E-state index contributed by atoms with van der Waals surface area (Å²) < 4.78 is 1.03. The molecule has 4 heteroatoms. The molecule has 1 aromatic carbocycles. The lowest BCUT2D eigenvalue weighted by atomic mass is 10.2. The fourth-order valence-electron chi connectivity index (χ4n) is 1.62. The Hall–Kier alpha value is -1.68. The van der Waals surface area contributed by atoms with Gasteiger partial charge >= 0.3 is 0 Å². The molecule has 0 spiro atoms. The zero-order chi connectivity index (χ0) is 13.0. The van der Waals surface area contributed by atoms with Crippen LogP contribution in [0.3, 0.4) is 0 Å². The molecule has 18 heavy (non-hydrogen) atoms. The van der Waals surface area contributed by atoms with Gasteiger partial charge in [0.1, 0.15) is 5.69 Å². The number of pyridine rings is 1. The molecule has 0 N–H and O–H groups in total. The van der Waals surface area contributed by atoms with E-state index in [1.54, 1.807) is 30.3 Å². The minimum atomic E-state index is -0.0708. The molecule has 2 aromatic rings. The summed E-state index contributed by atoms with van der Waals surface area (Å²) in [5.41, 5.74) is 1.56. The molecule has 0 bridgehead atoms. The van der Waals surface area contributed by atoms with E-state index in [4.69, 9.17) is 0 Å². The molecule has 0 aliphatic carbocycles. The van der Waals surface area contributed by atoms with Gasteiger partial charge < -0.3 is 4.90 Å². The standard InChI is InChI=1S/C14H13BrN2O/c1-17(10-11-5-7-12(15)8-6-11)14(18)13-4-2-3-9-16-13/h2-9H,10H2,1H3. The molecule has 1 aromatic heterocycles. The van der Waals surface area contributed by atoms with E-state index in [0.29, 0.717) is 12.2 Å². The van der Waals surface area contributed by atoms with Gasteiger partial charge in [-0.2, -0.15) is 0 Å². The number of carbonyl (C=O) groups excluding carboxylic acids is 1. The van der Waals surface area contributed by atoms with E-state index in [0.717, 1.165) is 10.0 Å². The summed E-state index contributed by atoms with van der Waals surface area (Å²) in [5.74, 6) is -0.0708. The van der Waals surface area contributed by atoms with Crippen molar-refractivity contribution in [3.05, 3.63) is 64.4 Å². The normalized spacial score (nSPS) is 10.1. The van der Waals surface area contributed by atoms with Gasteiger partial charge in [0, 0.05) is 24.3 Å². The van der Waals surface area contributed by atoms with Crippen LogP contribution in [0.2, 0.25) is 0 Å². The first kappa shape index (κ1) is 12.8. The maximum Gasteiger partial charge on any atom is 0.272 e. The summed E-state index contributed by atoms with van der Waals surface area (Å²) in [6.45, 7) is 0.572. The first-order valence-corrected chi connectivity index (χ1v) is 6.37. The second-order valence-corrected chi connectivity index (χ2v) is 4.92. The molecule has 0 saturated carbocycles. The number of halogens is 1. The Kier molecular flexibility index (Phi) is 4.10. The van der Waals surface area contributed by atoms with Gasteiger partial charge in [-0.25, -0.2) is 0 Å². The summed E-state index contributed by atoms with van der Waals surface area (Å²) >= 11 is 3.39. The Morgan fingerprint density at radius 3 is 2.56 bits per heavy atom. The first-order valence-electron chi connectivity index (χ1n) is 5.58. The molecular formula is C14H13BrN2O. The monoisotopic (exact) mass is 304 g/mol. The zero-order valence-corrected chi connectivity index (χ0v) is 11.6. The number of carbonyl (C=O) groups is 1. The number of hydrogen-bond acceptors (Lipinski definition) is 2. The molecule has 2 rings (SSSR count). The minimum Gasteiger partial charge on any atom is -0.336 e. The maximum atomic E-state index is 12.1. The molecule has 0 aliphatic rings. The fourth-order valence-corrected chi connectivity index (χ4v) is 1.88. The largest absolute Gasteiger partial charge is 0.336 e. The maximum absolute atomic E-state index is 12.1. The van der Waals surface area contributed by atoms with Crippen molar-refractivity contribution in [2.75, 3.05) is 7.05 Å². The topological polar surface area (TPSA) is 33.2 Å². The van der Waals surface area contributed by atoms with E-state index in [1.165, 1.54) is 0 Å². The highest BCUT2D eigenvalue weighted by Gasteiger charge is 2.12. The molecule has 92 valence electrons. The van der Waals surface area contributed by atoms with Crippen LogP contribution in [0, 0.1) is 0 Å². The fraction of sp³-hybridized carbons (Fsp3) is 0.143. The number of amides is 1. The zero-order valence-electron chi connectivity index (χ0n) is 10.0. The van der Waals surface area contributed by atoms with Crippen molar-refractivity contribution in [3.63, 3.8) is 0 Å². The van der Waals surface area contributed by atoms with Gasteiger partial charge in [0.25, 0.3) is 5.91 Å². The van der Waals surface area contributed by atoms with E-state index in [-0.39, 0.29) is 5.91 Å². The third-order valence-corrected chi connectivity index (χ3v) is 3.09. The predicted molar refractivity (Wildman–Crippen MR) is 74.2 cm³/mol. The molecule has 0 atom stereocenters. The highest BCUT2D eigenvalue weighted by atomic mass is 79.9. The third kappa shape index (κ3) is 3.17. The summed E-state index contributed by atoms with van der Waals surface area (Å²) in [5, 5.41) is 0. The number of hydrogen-bond donors (Lipinski definition) is 0. The molecule has 3 nitrogen and oxygen atoms in total. The molecule has 0 unspecified atom stereocenters. The average molecular weight is 305 g/mol. The molecule has 1 heterocycles.